The van der Waals surface area contributed by atoms with Crippen LogP contribution in [0.4, 0.5) is 28.4 Å². The minimum atomic E-state index is -0.200. The molecule has 68 heavy (non-hydrogen) atoms. The third-order valence-corrected chi connectivity index (χ3v) is 16.0. The number of methoxy groups -OCH3 is 2. The quantitative estimate of drug-likeness (QED) is 0.0639. The van der Waals surface area contributed by atoms with Crippen molar-refractivity contribution >= 4 is 79.7 Å². The molecule has 3 amide bonds. The Labute approximate surface area is 404 Å². The maximum Gasteiger partial charge on any atom is 0.261 e. The number of fused-ring (bicyclic) bond motifs is 8. The van der Waals surface area contributed by atoms with Crippen LogP contribution in [0.15, 0.2) is 96.0 Å². The number of carbonyl (C=O) groups is 4. The maximum atomic E-state index is 14.1. The lowest BCUT2D eigenvalue weighted by atomic mass is 10.1. The van der Waals surface area contributed by atoms with Gasteiger partial charge >= 0.3 is 0 Å². The summed E-state index contributed by atoms with van der Waals surface area (Å²) in [5, 5.41) is 6.62. The molecule has 0 bridgehead atoms. The number of nitrogens with one attached hydrogen (secondary N) is 2. The lowest BCUT2D eigenvalue weighted by molar-refractivity contribution is -0.117. The fourth-order valence-electron chi connectivity index (χ4n) is 9.19. The van der Waals surface area contributed by atoms with Gasteiger partial charge < -0.3 is 39.3 Å². The highest BCUT2D eigenvalue weighted by Crippen LogP contribution is 2.44. The number of carbonyl (C=O) groups excluding carboxylic acids is 4. The van der Waals surface area contributed by atoms with Gasteiger partial charge in [0.2, 0.25) is 5.91 Å². The highest BCUT2D eigenvalue weighted by Gasteiger charge is 2.39. The Balaban J connectivity index is 0.942. The van der Waals surface area contributed by atoms with E-state index in [0.29, 0.717) is 83.4 Å². The number of benzene rings is 5. The third-order valence-electron chi connectivity index (χ3n) is 12.6. The van der Waals surface area contributed by atoms with Crippen molar-refractivity contribution < 1.29 is 38.1 Å². The van der Waals surface area contributed by atoms with E-state index in [4.69, 9.17) is 23.9 Å². The number of anilines is 4. The number of nitrogens with zero attached hydrogens (tertiary/aromatic N) is 3. The number of Topliss-reactive ketones (excluding diaryl/α,β-unsaturated/α-hetero) is 1. The largest absolute Gasteiger partial charge is 0.493 e. The fraction of sp³-hybridized carbons (Fsp3) is 0.340. The lowest BCUT2D eigenvalue weighted by Gasteiger charge is -2.23. The summed E-state index contributed by atoms with van der Waals surface area (Å²) in [6.07, 6.45) is 5.64. The van der Waals surface area contributed by atoms with E-state index in [-0.39, 0.29) is 53.5 Å². The van der Waals surface area contributed by atoms with E-state index in [1.165, 1.54) is 7.11 Å². The number of para-hydroxylation sites is 2. The standard InChI is InChI=1S/C53H55N5O8S2/c1-32(59)11-10-18-67-68-53(2,3)17-16-50(60)56-37-20-33(30-65-48-26-42-40(24-46(48)63-4)51(61)57-38(28-54-42)22-35-12-6-8-14-44(35)57)19-34(21-37)31-66-49-27-43-41(25-47(49)64-5)52(62)58-39(29-55-43)23-36-13-7-9-15-45(36)58/h6-9,12-15,19-21,24-28,38-39,55H,10-11,16-18,22-23,29-31H2,1-5H3,(H,56,60)/t38-,39-/m0/s1. The van der Waals surface area contributed by atoms with Gasteiger partial charge in [-0.1, -0.05) is 58.0 Å². The molecule has 0 radical (unpaired) electrons. The van der Waals surface area contributed by atoms with Gasteiger partial charge in [-0.15, -0.1) is 0 Å². The second-order valence-corrected chi connectivity index (χ2v) is 21.2. The Bertz CT molecular complexity index is 2810. The van der Waals surface area contributed by atoms with E-state index in [1.807, 2.05) is 77.8 Å². The molecule has 352 valence electrons. The average Bonchev–Trinajstić information content (AvgIpc) is 3.82. The molecular formula is C53H55N5O8S2. The first-order chi connectivity index (χ1) is 32.9. The van der Waals surface area contributed by atoms with Gasteiger partial charge in [0.25, 0.3) is 11.8 Å². The van der Waals surface area contributed by atoms with Crippen LogP contribution in [0.5, 0.6) is 23.0 Å². The zero-order valence-electron chi connectivity index (χ0n) is 38.9. The number of aliphatic imine (C=N–C) groups is 1. The van der Waals surface area contributed by atoms with Crippen LogP contribution in [0.1, 0.15) is 89.4 Å². The van der Waals surface area contributed by atoms with Crippen molar-refractivity contribution in [1.29, 1.82) is 0 Å². The van der Waals surface area contributed by atoms with E-state index in [0.717, 1.165) is 52.2 Å². The van der Waals surface area contributed by atoms with Crippen LogP contribution in [-0.4, -0.2) is 73.1 Å². The Hall–Kier alpha value is -6.45. The highest BCUT2D eigenvalue weighted by molar-refractivity contribution is 8.77. The molecule has 5 aromatic carbocycles. The Morgan fingerprint density at radius 1 is 0.779 bits per heavy atom. The second kappa shape index (κ2) is 20.0. The fourth-order valence-corrected chi connectivity index (χ4v) is 11.8. The molecule has 0 aromatic heterocycles. The van der Waals surface area contributed by atoms with Crippen molar-refractivity contribution in [3.8, 4) is 23.0 Å². The van der Waals surface area contributed by atoms with Crippen molar-refractivity contribution in [2.24, 2.45) is 4.99 Å². The van der Waals surface area contributed by atoms with Gasteiger partial charge in [0.05, 0.1) is 48.8 Å². The minimum Gasteiger partial charge on any atom is -0.493 e. The van der Waals surface area contributed by atoms with Crippen LogP contribution in [-0.2, 0) is 35.6 Å². The molecule has 4 aliphatic rings. The topological polar surface area (TPSA) is 148 Å². The van der Waals surface area contributed by atoms with E-state index in [9.17, 15) is 19.2 Å². The Morgan fingerprint density at radius 2 is 1.41 bits per heavy atom. The van der Waals surface area contributed by atoms with Crippen molar-refractivity contribution in [2.45, 2.75) is 89.3 Å². The summed E-state index contributed by atoms with van der Waals surface area (Å²) < 4.78 is 24.4. The van der Waals surface area contributed by atoms with Crippen LogP contribution in [0.2, 0.25) is 0 Å². The van der Waals surface area contributed by atoms with Crippen LogP contribution < -0.4 is 39.4 Å². The Kier molecular flexibility index (Phi) is 13.7. The van der Waals surface area contributed by atoms with E-state index in [1.54, 1.807) is 58.7 Å². The predicted octanol–water partition coefficient (Wildman–Crippen LogP) is 10.4. The van der Waals surface area contributed by atoms with Gasteiger partial charge in [-0.2, -0.15) is 0 Å². The predicted molar refractivity (Wildman–Crippen MR) is 271 cm³/mol. The number of hydrogen-bond acceptors (Lipinski definition) is 12. The summed E-state index contributed by atoms with van der Waals surface area (Å²) in [6.45, 7) is 6.63. The number of ether oxygens (including phenoxy) is 4. The number of hydrogen-bond donors (Lipinski definition) is 2. The number of rotatable bonds is 18. The van der Waals surface area contributed by atoms with Crippen molar-refractivity contribution in [1.82, 2.24) is 0 Å². The van der Waals surface area contributed by atoms with Gasteiger partial charge in [0.1, 0.15) is 19.0 Å². The van der Waals surface area contributed by atoms with Gasteiger partial charge in [-0.3, -0.25) is 24.3 Å². The third kappa shape index (κ3) is 10.0. The van der Waals surface area contributed by atoms with E-state index >= 15 is 0 Å². The zero-order chi connectivity index (χ0) is 47.5. The van der Waals surface area contributed by atoms with Gasteiger partial charge in [0, 0.05) is 71.7 Å². The van der Waals surface area contributed by atoms with Crippen LogP contribution >= 0.6 is 21.6 Å². The van der Waals surface area contributed by atoms with Crippen molar-refractivity contribution in [2.75, 3.05) is 47.0 Å². The Morgan fingerprint density at radius 3 is 2.10 bits per heavy atom. The molecule has 0 saturated carbocycles. The van der Waals surface area contributed by atoms with Gasteiger partial charge in [-0.25, -0.2) is 0 Å². The molecule has 4 aliphatic heterocycles. The second-order valence-electron chi connectivity index (χ2n) is 18.1. The maximum absolute atomic E-state index is 14.1. The molecular weight excluding hydrogens is 899 g/mol. The summed E-state index contributed by atoms with van der Waals surface area (Å²) in [5.74, 6) is 2.34. The van der Waals surface area contributed by atoms with Crippen LogP contribution in [0, 0.1) is 0 Å². The molecule has 4 heterocycles. The molecule has 0 aliphatic carbocycles. The van der Waals surface area contributed by atoms with Crippen molar-refractivity contribution in [3.63, 3.8) is 0 Å². The molecule has 2 atom stereocenters. The highest BCUT2D eigenvalue weighted by atomic mass is 33.1. The zero-order valence-corrected chi connectivity index (χ0v) is 40.5. The molecule has 15 heteroatoms. The minimum absolute atomic E-state index is 0.0227. The summed E-state index contributed by atoms with van der Waals surface area (Å²) >= 11 is 0. The van der Waals surface area contributed by atoms with Crippen LogP contribution in [0.25, 0.3) is 0 Å². The smallest absolute Gasteiger partial charge is 0.261 e. The van der Waals surface area contributed by atoms with E-state index in [2.05, 4.69) is 30.5 Å². The molecule has 0 unspecified atom stereocenters. The SMILES string of the molecule is COc1cc2c(cc1OCc1cc(COc3cc4c(cc3OC)C(=O)N3c5ccccc5C[C@H]3CN4)cc(NC(=O)CCC(C)(C)SSCCCC(C)=O)c1)N=C[C@@H]1Cc3ccccc3N1C2=O. The van der Waals surface area contributed by atoms with Gasteiger partial charge in [0.15, 0.2) is 23.0 Å². The van der Waals surface area contributed by atoms with Crippen LogP contribution in [0.3, 0.4) is 0 Å². The van der Waals surface area contributed by atoms with Crippen molar-refractivity contribution in [3.05, 3.63) is 124 Å². The molecule has 0 spiro atoms. The average molecular weight is 954 g/mol. The molecule has 9 rings (SSSR count). The summed E-state index contributed by atoms with van der Waals surface area (Å²) in [7, 11) is 6.56. The summed E-state index contributed by atoms with van der Waals surface area (Å²) in [5.41, 5.74) is 8.20. The molecule has 2 N–H and O–H groups in total. The summed E-state index contributed by atoms with van der Waals surface area (Å²) in [6, 6.07) is 28.4. The number of amides is 3. The molecule has 13 nitrogen and oxygen atoms in total. The number of ketones is 1. The molecule has 0 saturated heterocycles. The lowest BCUT2D eigenvalue weighted by Crippen LogP contribution is -2.39. The first-order valence-corrected chi connectivity index (χ1v) is 25.2. The molecule has 5 aromatic rings. The first-order valence-electron chi connectivity index (χ1n) is 22.9. The normalized spacial score (nSPS) is 16.5. The first kappa shape index (κ1) is 46.7. The van der Waals surface area contributed by atoms with Gasteiger partial charge in [-0.05, 0) is 105 Å². The molecule has 0 fully saturated rings. The van der Waals surface area contributed by atoms with E-state index < -0.39 is 0 Å². The summed E-state index contributed by atoms with van der Waals surface area (Å²) in [4.78, 5) is 61.5. The monoisotopic (exact) mass is 953 g/mol.